The largest absolute Gasteiger partial charge is 0.322 e. The van der Waals surface area contributed by atoms with Crippen LogP contribution in [0.2, 0.25) is 0 Å². The van der Waals surface area contributed by atoms with E-state index >= 15 is 0 Å². The summed E-state index contributed by atoms with van der Waals surface area (Å²) in [7, 11) is -2.10. The molecule has 156 valence electrons. The van der Waals surface area contributed by atoms with Crippen LogP contribution >= 0.6 is 15.9 Å². The molecule has 0 aliphatic carbocycles. The zero-order chi connectivity index (χ0) is 21.5. The third-order valence-corrected chi connectivity index (χ3v) is 8.95. The maximum absolute atomic E-state index is 13.1. The Morgan fingerprint density at radius 3 is 2.29 bits per heavy atom. The van der Waals surface area contributed by atoms with Crippen LogP contribution in [0.25, 0.3) is 0 Å². The van der Waals surface area contributed by atoms with Gasteiger partial charge in [0.25, 0.3) is 0 Å². The lowest BCUT2D eigenvalue weighted by molar-refractivity contribution is 0.490. The van der Waals surface area contributed by atoms with Gasteiger partial charge in [-0.3, -0.25) is 4.21 Å². The molecule has 2 rings (SSSR count). The molecular formula is C19H28BrN3O3S2. The lowest BCUT2D eigenvalue weighted by Crippen LogP contribution is -2.41. The van der Waals surface area contributed by atoms with Gasteiger partial charge in [-0.15, -0.1) is 4.09 Å². The summed E-state index contributed by atoms with van der Waals surface area (Å²) in [6, 6.07) is 9.44. The predicted octanol–water partition coefficient (Wildman–Crippen LogP) is 3.46. The third-order valence-electron chi connectivity index (χ3n) is 4.61. The van der Waals surface area contributed by atoms with Crippen molar-refractivity contribution in [3.8, 4) is 0 Å². The lowest BCUT2D eigenvalue weighted by Gasteiger charge is -2.33. The lowest BCUT2D eigenvalue weighted by atomic mass is 9.81. The van der Waals surface area contributed by atoms with Crippen molar-refractivity contribution in [2.24, 2.45) is 0 Å². The van der Waals surface area contributed by atoms with E-state index in [1.165, 1.54) is 14.1 Å². The molecule has 9 heteroatoms. The minimum atomic E-state index is -3.83. The molecule has 1 aromatic heterocycles. The molecule has 0 amide bonds. The van der Waals surface area contributed by atoms with Gasteiger partial charge in [0.15, 0.2) is 0 Å². The molecule has 0 N–H and O–H groups in total. The van der Waals surface area contributed by atoms with Crippen LogP contribution < -0.4 is 0 Å². The van der Waals surface area contributed by atoms with Gasteiger partial charge in [-0.2, -0.15) is 17.8 Å². The maximum Gasteiger partial charge on any atom is 0.322 e. The average molecular weight is 490 g/mol. The number of hydrogen-bond donors (Lipinski definition) is 0. The number of hydrogen-bond acceptors (Lipinski definition) is 4. The van der Waals surface area contributed by atoms with Crippen LogP contribution in [-0.4, -0.2) is 50.7 Å². The SMILES string of the molecule is Cc1cc(C(C)(CS(=O)C(C)(C)C)c2cccc(Br)c2)n(S(=O)(=O)N(C)C)n1. The van der Waals surface area contributed by atoms with E-state index in [9.17, 15) is 12.6 Å². The van der Waals surface area contributed by atoms with Gasteiger partial charge >= 0.3 is 10.2 Å². The highest BCUT2D eigenvalue weighted by molar-refractivity contribution is 9.10. The number of rotatable bonds is 6. The highest BCUT2D eigenvalue weighted by Gasteiger charge is 2.40. The van der Waals surface area contributed by atoms with Crippen molar-refractivity contribution in [1.29, 1.82) is 0 Å². The molecule has 2 unspecified atom stereocenters. The fourth-order valence-corrected chi connectivity index (χ4v) is 5.51. The summed E-state index contributed by atoms with van der Waals surface area (Å²) in [6.45, 7) is 9.44. The van der Waals surface area contributed by atoms with E-state index in [-0.39, 0.29) is 5.75 Å². The van der Waals surface area contributed by atoms with Gasteiger partial charge in [-0.25, -0.2) is 0 Å². The Balaban J connectivity index is 2.80. The molecule has 6 nitrogen and oxygen atoms in total. The normalized spacial score (nSPS) is 16.2. The Bertz CT molecular complexity index is 994. The smallest absolute Gasteiger partial charge is 0.259 e. The van der Waals surface area contributed by atoms with Gasteiger partial charge in [0, 0.05) is 45.3 Å². The first-order chi connectivity index (χ1) is 12.7. The Morgan fingerprint density at radius 2 is 1.79 bits per heavy atom. The molecule has 0 aliphatic rings. The van der Waals surface area contributed by atoms with Crippen molar-refractivity contribution in [2.75, 3.05) is 19.8 Å². The summed E-state index contributed by atoms with van der Waals surface area (Å²) in [5, 5.41) is 4.26. The molecule has 0 fully saturated rings. The minimum Gasteiger partial charge on any atom is -0.259 e. The highest BCUT2D eigenvalue weighted by atomic mass is 79.9. The van der Waals surface area contributed by atoms with Gasteiger partial charge in [-0.1, -0.05) is 28.1 Å². The van der Waals surface area contributed by atoms with E-state index in [0.717, 1.165) is 18.4 Å². The molecule has 0 saturated heterocycles. The van der Waals surface area contributed by atoms with E-state index in [1.54, 1.807) is 13.0 Å². The first kappa shape index (κ1) is 23.3. The van der Waals surface area contributed by atoms with Crippen LogP contribution in [0.15, 0.2) is 34.8 Å². The summed E-state index contributed by atoms with van der Waals surface area (Å²) in [5.41, 5.74) is 1.12. The van der Waals surface area contributed by atoms with Crippen molar-refractivity contribution in [3.63, 3.8) is 0 Å². The molecule has 28 heavy (non-hydrogen) atoms. The second-order valence-corrected chi connectivity index (χ2v) is 13.3. The first-order valence-corrected chi connectivity index (χ1v) is 12.3. The van der Waals surface area contributed by atoms with Crippen molar-refractivity contribution in [2.45, 2.75) is 44.8 Å². The third kappa shape index (κ3) is 4.58. The average Bonchev–Trinajstić information content (AvgIpc) is 2.97. The molecule has 0 aliphatic heterocycles. The number of aromatic nitrogens is 2. The summed E-state index contributed by atoms with van der Waals surface area (Å²) in [4.78, 5) is 0. The quantitative estimate of drug-likeness (QED) is 0.622. The van der Waals surface area contributed by atoms with E-state index in [4.69, 9.17) is 0 Å². The summed E-state index contributed by atoms with van der Waals surface area (Å²) < 4.78 is 41.6. The molecule has 1 heterocycles. The first-order valence-electron chi connectivity index (χ1n) is 8.84. The molecule has 0 saturated carbocycles. The molecule has 0 radical (unpaired) electrons. The van der Waals surface area contributed by atoms with Crippen LogP contribution in [0.1, 0.15) is 44.6 Å². The van der Waals surface area contributed by atoms with E-state index in [2.05, 4.69) is 21.0 Å². The zero-order valence-corrected chi connectivity index (χ0v) is 20.6. The molecule has 2 aromatic rings. The predicted molar refractivity (Wildman–Crippen MR) is 118 cm³/mol. The van der Waals surface area contributed by atoms with Gasteiger partial charge in [0.2, 0.25) is 0 Å². The van der Waals surface area contributed by atoms with Crippen LogP contribution in [0.5, 0.6) is 0 Å². The van der Waals surface area contributed by atoms with E-state index < -0.39 is 31.2 Å². The maximum atomic E-state index is 13.1. The van der Waals surface area contributed by atoms with Crippen LogP contribution in [-0.2, 0) is 26.4 Å². The summed E-state index contributed by atoms with van der Waals surface area (Å²) in [5.74, 6) is 0.265. The number of nitrogens with zero attached hydrogens (tertiary/aromatic N) is 3. The Kier molecular flexibility index (Phi) is 6.65. The molecule has 1 aromatic carbocycles. The minimum absolute atomic E-state index is 0.265. The standard InChI is InChI=1S/C19H28BrN3O3S2/c1-14-11-17(23(21-14)28(25,26)22(6)7)19(5,13-27(24)18(2,3)4)15-9-8-10-16(20)12-15/h8-12H,13H2,1-7H3. The van der Waals surface area contributed by atoms with E-state index in [1.807, 2.05) is 52.0 Å². The van der Waals surface area contributed by atoms with Crippen LogP contribution in [0.3, 0.4) is 0 Å². The molecule has 0 bridgehead atoms. The summed E-state index contributed by atoms with van der Waals surface area (Å²) >= 11 is 3.49. The topological polar surface area (TPSA) is 72.3 Å². The van der Waals surface area contributed by atoms with Gasteiger partial charge in [0.05, 0.1) is 11.4 Å². The summed E-state index contributed by atoms with van der Waals surface area (Å²) in [6.07, 6.45) is 0. The van der Waals surface area contributed by atoms with Crippen molar-refractivity contribution >= 4 is 36.9 Å². The number of aryl methyl sites for hydroxylation is 1. The van der Waals surface area contributed by atoms with Crippen molar-refractivity contribution < 1.29 is 12.6 Å². The molecule has 2 atom stereocenters. The Labute approximate surface area is 179 Å². The highest BCUT2D eigenvalue weighted by Crippen LogP contribution is 2.37. The second-order valence-electron chi connectivity index (χ2n) is 8.25. The second kappa shape index (κ2) is 8.01. The van der Waals surface area contributed by atoms with Crippen molar-refractivity contribution in [3.05, 3.63) is 51.8 Å². The Hall–Kier alpha value is -1.03. The van der Waals surface area contributed by atoms with E-state index in [0.29, 0.717) is 11.4 Å². The molecular weight excluding hydrogens is 462 g/mol. The number of benzene rings is 1. The zero-order valence-electron chi connectivity index (χ0n) is 17.4. The number of halogens is 1. The van der Waals surface area contributed by atoms with Crippen LogP contribution in [0.4, 0.5) is 0 Å². The molecule has 0 spiro atoms. The van der Waals surface area contributed by atoms with Crippen molar-refractivity contribution in [1.82, 2.24) is 13.5 Å². The van der Waals surface area contributed by atoms with Crippen LogP contribution in [0, 0.1) is 6.92 Å². The monoisotopic (exact) mass is 489 g/mol. The van der Waals surface area contributed by atoms with Gasteiger partial charge in [-0.05, 0) is 58.4 Å². The van der Waals surface area contributed by atoms with Gasteiger partial charge < -0.3 is 0 Å². The fraction of sp³-hybridized carbons (Fsp3) is 0.526. The van der Waals surface area contributed by atoms with Gasteiger partial charge in [0.1, 0.15) is 0 Å². The fourth-order valence-electron chi connectivity index (χ4n) is 2.80. The Morgan fingerprint density at radius 1 is 1.18 bits per heavy atom.